The molecule has 9 heteroatoms. The fraction of sp³-hybridized carbons (Fsp3) is 0.214. The monoisotopic (exact) mass is 532 g/mol. The van der Waals surface area contributed by atoms with Crippen LogP contribution < -0.4 is 10.1 Å². The second-order valence-corrected chi connectivity index (χ2v) is 10.5. The predicted octanol–water partition coefficient (Wildman–Crippen LogP) is 5.83. The largest absolute Gasteiger partial charge is 0.497 e. The number of hydrazone groups is 1. The Bertz CT molecular complexity index is 1390. The Kier molecular flexibility index (Phi) is 7.30. The Labute approximate surface area is 224 Å². The fourth-order valence-corrected chi connectivity index (χ4v) is 5.48. The highest BCUT2D eigenvalue weighted by Gasteiger charge is 2.39. The molecule has 0 aromatic heterocycles. The number of nitrogens with zero attached hydrogens (tertiary/aromatic N) is 3. The van der Waals surface area contributed by atoms with E-state index in [1.807, 2.05) is 79.7 Å². The molecule has 0 unspecified atom stereocenters. The first-order valence-electron chi connectivity index (χ1n) is 11.8. The van der Waals surface area contributed by atoms with E-state index in [-0.39, 0.29) is 24.3 Å². The van der Waals surface area contributed by atoms with Crippen molar-refractivity contribution in [3.63, 3.8) is 0 Å². The average molecular weight is 533 g/mol. The van der Waals surface area contributed by atoms with Crippen molar-refractivity contribution in [3.05, 3.63) is 94.5 Å². The van der Waals surface area contributed by atoms with Gasteiger partial charge in [0.05, 0.1) is 18.9 Å². The van der Waals surface area contributed by atoms with Gasteiger partial charge in [-0.2, -0.15) is 10.1 Å². The number of anilines is 1. The summed E-state index contributed by atoms with van der Waals surface area (Å²) in [4.78, 5) is 29.8. The molecule has 188 valence electrons. The number of carbonyl (C=O) groups is 2. The van der Waals surface area contributed by atoms with Gasteiger partial charge in [0.25, 0.3) is 5.91 Å². The molecule has 2 heterocycles. The van der Waals surface area contributed by atoms with Crippen molar-refractivity contribution in [1.82, 2.24) is 5.01 Å². The summed E-state index contributed by atoms with van der Waals surface area (Å²) in [6.45, 7) is 1.96. The summed E-state index contributed by atoms with van der Waals surface area (Å²) in [7, 11) is 1.63. The van der Waals surface area contributed by atoms with Gasteiger partial charge in [-0.1, -0.05) is 59.8 Å². The molecule has 0 aliphatic carbocycles. The topological polar surface area (TPSA) is 83.4 Å². The number of carbonyl (C=O) groups excluding carboxylic acids is 2. The molecule has 3 aromatic carbocycles. The van der Waals surface area contributed by atoms with Crippen LogP contribution >= 0.6 is 23.4 Å². The molecule has 2 atom stereocenters. The van der Waals surface area contributed by atoms with Crippen molar-refractivity contribution in [3.8, 4) is 5.75 Å². The second-order valence-electron chi connectivity index (χ2n) is 8.85. The summed E-state index contributed by atoms with van der Waals surface area (Å²) in [6, 6.07) is 22.7. The van der Waals surface area contributed by atoms with Gasteiger partial charge in [0, 0.05) is 23.6 Å². The molecule has 0 saturated carbocycles. The maximum Gasteiger partial charge on any atom is 0.262 e. The Morgan fingerprint density at radius 3 is 2.59 bits per heavy atom. The standard InChI is InChI=1S/C28H25ClN4O3S/c1-17-4-3-5-21(14-17)30-26(34)16-25-27(35)31-28(37-25)33-24(19-8-12-22(36-2)13-9-19)15-23(32-33)18-6-10-20(29)11-7-18/h3-14,24-25H,15-16H2,1-2H3,(H,30,34)/t24-,25+/m0/s1. The first-order valence-corrected chi connectivity index (χ1v) is 13.1. The van der Waals surface area contributed by atoms with Crippen LogP contribution in [0.1, 0.15) is 35.6 Å². The van der Waals surface area contributed by atoms with Crippen molar-refractivity contribution in [1.29, 1.82) is 0 Å². The molecule has 3 aromatic rings. The molecule has 2 aliphatic rings. The Balaban J connectivity index is 1.35. The lowest BCUT2D eigenvalue weighted by atomic mass is 9.98. The third-order valence-corrected chi connectivity index (χ3v) is 7.58. The summed E-state index contributed by atoms with van der Waals surface area (Å²) < 4.78 is 5.31. The third kappa shape index (κ3) is 5.70. The number of ether oxygens (including phenoxy) is 1. The van der Waals surface area contributed by atoms with Gasteiger partial charge < -0.3 is 10.1 Å². The number of amides is 2. The minimum absolute atomic E-state index is 0.0270. The van der Waals surface area contributed by atoms with Crippen LogP contribution in [0.4, 0.5) is 5.69 Å². The van der Waals surface area contributed by atoms with Gasteiger partial charge in [-0.05, 0) is 60.0 Å². The molecule has 0 bridgehead atoms. The molecule has 0 saturated heterocycles. The van der Waals surface area contributed by atoms with Crippen LogP contribution in [0, 0.1) is 6.92 Å². The van der Waals surface area contributed by atoms with E-state index in [1.54, 1.807) is 12.1 Å². The minimum atomic E-state index is -0.605. The van der Waals surface area contributed by atoms with Crippen molar-refractivity contribution in [2.75, 3.05) is 12.4 Å². The van der Waals surface area contributed by atoms with E-state index in [0.717, 1.165) is 28.2 Å². The molecule has 0 spiro atoms. The maximum absolute atomic E-state index is 12.8. The van der Waals surface area contributed by atoms with Crippen molar-refractivity contribution in [2.24, 2.45) is 10.1 Å². The number of benzene rings is 3. The second kappa shape index (κ2) is 10.8. The van der Waals surface area contributed by atoms with E-state index in [4.69, 9.17) is 21.4 Å². The maximum atomic E-state index is 12.8. The van der Waals surface area contributed by atoms with Crippen LogP contribution in [-0.4, -0.2) is 40.1 Å². The predicted molar refractivity (Wildman–Crippen MR) is 148 cm³/mol. The molecule has 5 rings (SSSR count). The SMILES string of the molecule is COc1ccc([C@@H]2CC(c3ccc(Cl)cc3)=NN2C2=NC(=O)[C@@H](CC(=O)Nc3cccc(C)c3)S2)cc1. The Morgan fingerprint density at radius 2 is 1.89 bits per heavy atom. The number of nitrogens with one attached hydrogen (secondary N) is 1. The van der Waals surface area contributed by atoms with E-state index >= 15 is 0 Å². The first-order chi connectivity index (χ1) is 17.9. The molecule has 7 nitrogen and oxygen atoms in total. The van der Waals surface area contributed by atoms with E-state index in [0.29, 0.717) is 22.3 Å². The van der Waals surface area contributed by atoms with E-state index in [1.165, 1.54) is 11.8 Å². The van der Waals surface area contributed by atoms with Gasteiger partial charge in [-0.25, -0.2) is 5.01 Å². The lowest BCUT2D eigenvalue weighted by Crippen LogP contribution is -2.25. The van der Waals surface area contributed by atoms with Gasteiger partial charge in [-0.3, -0.25) is 9.59 Å². The highest BCUT2D eigenvalue weighted by molar-refractivity contribution is 8.15. The van der Waals surface area contributed by atoms with Crippen LogP contribution in [0.15, 0.2) is 82.9 Å². The number of thioether (sulfide) groups is 1. The zero-order chi connectivity index (χ0) is 25.9. The number of halogens is 1. The summed E-state index contributed by atoms with van der Waals surface area (Å²) in [5.74, 6) is 0.198. The first kappa shape index (κ1) is 25.0. The molecular formula is C28H25ClN4O3S. The highest BCUT2D eigenvalue weighted by atomic mass is 35.5. The number of rotatable bonds is 6. The summed E-state index contributed by atoms with van der Waals surface area (Å²) >= 11 is 7.36. The Morgan fingerprint density at radius 1 is 1.14 bits per heavy atom. The molecule has 37 heavy (non-hydrogen) atoms. The summed E-state index contributed by atoms with van der Waals surface area (Å²) in [6.07, 6.45) is 0.652. The summed E-state index contributed by atoms with van der Waals surface area (Å²) in [5.41, 5.74) is 4.59. The zero-order valence-electron chi connectivity index (χ0n) is 20.3. The molecule has 0 radical (unpaired) electrons. The lowest BCUT2D eigenvalue weighted by molar-refractivity contribution is -0.121. The van der Waals surface area contributed by atoms with Crippen molar-refractivity contribution >= 4 is 51.7 Å². The number of hydrogen-bond donors (Lipinski definition) is 1. The molecular weight excluding hydrogens is 508 g/mol. The van der Waals surface area contributed by atoms with Crippen molar-refractivity contribution < 1.29 is 14.3 Å². The summed E-state index contributed by atoms with van der Waals surface area (Å²) in [5, 5.41) is 10.1. The fourth-order valence-electron chi connectivity index (χ4n) is 4.30. The van der Waals surface area contributed by atoms with Crippen molar-refractivity contribution in [2.45, 2.75) is 31.1 Å². The lowest BCUT2D eigenvalue weighted by Gasteiger charge is -2.23. The molecule has 2 aliphatic heterocycles. The number of methoxy groups -OCH3 is 1. The highest BCUT2D eigenvalue weighted by Crippen LogP contribution is 2.39. The molecule has 2 amide bonds. The van der Waals surface area contributed by atoms with Gasteiger partial charge in [0.1, 0.15) is 11.0 Å². The van der Waals surface area contributed by atoms with Crippen LogP contribution in [-0.2, 0) is 9.59 Å². The minimum Gasteiger partial charge on any atom is -0.497 e. The van der Waals surface area contributed by atoms with Crippen LogP contribution in [0.3, 0.4) is 0 Å². The van der Waals surface area contributed by atoms with E-state index in [2.05, 4.69) is 10.3 Å². The van der Waals surface area contributed by atoms with Gasteiger partial charge in [-0.15, -0.1) is 0 Å². The molecule has 1 N–H and O–H groups in total. The van der Waals surface area contributed by atoms with Gasteiger partial charge >= 0.3 is 0 Å². The van der Waals surface area contributed by atoms with E-state index in [9.17, 15) is 9.59 Å². The van der Waals surface area contributed by atoms with Crippen LogP contribution in [0.2, 0.25) is 5.02 Å². The van der Waals surface area contributed by atoms with Gasteiger partial charge in [0.15, 0.2) is 5.17 Å². The number of hydrogen-bond acceptors (Lipinski definition) is 6. The smallest absolute Gasteiger partial charge is 0.262 e. The number of aryl methyl sites for hydroxylation is 1. The van der Waals surface area contributed by atoms with Gasteiger partial charge in [0.2, 0.25) is 5.91 Å². The zero-order valence-corrected chi connectivity index (χ0v) is 21.9. The average Bonchev–Trinajstić information content (AvgIpc) is 3.48. The van der Waals surface area contributed by atoms with Crippen LogP contribution in [0.25, 0.3) is 0 Å². The third-order valence-electron chi connectivity index (χ3n) is 6.19. The number of amidine groups is 1. The van der Waals surface area contributed by atoms with E-state index < -0.39 is 5.25 Å². The Hall–Kier alpha value is -3.62. The normalized spacial score (nSPS) is 19.0. The number of aliphatic imine (C=N–C) groups is 1. The van der Waals surface area contributed by atoms with Crippen LogP contribution in [0.5, 0.6) is 5.75 Å². The quantitative estimate of drug-likeness (QED) is 0.431. The molecule has 0 fully saturated rings.